The maximum absolute atomic E-state index is 8.69. The third kappa shape index (κ3) is 2.62. The minimum atomic E-state index is -0.324. The highest BCUT2D eigenvalue weighted by Crippen LogP contribution is 1.92. The second-order valence-corrected chi connectivity index (χ2v) is 2.05. The summed E-state index contributed by atoms with van der Waals surface area (Å²) in [6, 6.07) is 0. The van der Waals surface area contributed by atoms with Gasteiger partial charge in [0.2, 0.25) is 0 Å². The first-order chi connectivity index (χ1) is 4.79. The van der Waals surface area contributed by atoms with Crippen LogP contribution in [-0.2, 0) is 0 Å². The number of rotatable bonds is 5. The third-order valence-electron chi connectivity index (χ3n) is 1.58. The van der Waals surface area contributed by atoms with Gasteiger partial charge in [0.15, 0.2) is 0 Å². The number of nitrogens with one attached hydrogen (secondary N) is 1. The van der Waals surface area contributed by atoms with Crippen molar-refractivity contribution < 1.29 is 10.3 Å². The van der Waals surface area contributed by atoms with Gasteiger partial charge in [-0.3, -0.25) is 4.90 Å². The summed E-state index contributed by atoms with van der Waals surface area (Å²) >= 11 is 0. The summed E-state index contributed by atoms with van der Waals surface area (Å²) in [5, 5.41) is 17.2. The minimum Gasteiger partial charge on any atom is -0.393 e. The van der Waals surface area contributed by atoms with E-state index in [1.807, 2.05) is 24.2 Å². The Hall–Kier alpha value is -0.160. The summed E-state index contributed by atoms with van der Waals surface area (Å²) in [6.45, 7) is 5.51. The van der Waals surface area contributed by atoms with Gasteiger partial charge in [-0.05, 0) is 13.1 Å². The average molecular weight is 148 g/mol. The van der Waals surface area contributed by atoms with Crippen molar-refractivity contribution in [2.75, 3.05) is 19.7 Å². The zero-order chi connectivity index (χ0) is 7.98. The van der Waals surface area contributed by atoms with E-state index >= 15 is 0 Å². The molecule has 3 N–H and O–H groups in total. The number of hydrogen-bond donors (Lipinski definition) is 3. The van der Waals surface area contributed by atoms with Gasteiger partial charge in [0.05, 0.1) is 6.61 Å². The van der Waals surface area contributed by atoms with Gasteiger partial charge < -0.3 is 10.3 Å². The second kappa shape index (κ2) is 5.61. The summed E-state index contributed by atoms with van der Waals surface area (Å²) in [5.41, 5.74) is 2.03. The van der Waals surface area contributed by atoms with Gasteiger partial charge in [-0.1, -0.05) is 13.8 Å². The Morgan fingerprint density at radius 2 is 1.90 bits per heavy atom. The van der Waals surface area contributed by atoms with Crippen molar-refractivity contribution in [2.24, 2.45) is 0 Å². The summed E-state index contributed by atoms with van der Waals surface area (Å²) in [6.07, 6.45) is -0.324. The molecule has 0 rings (SSSR count). The number of aliphatic hydroxyl groups excluding tert-OH is 1. The molecule has 62 valence electrons. The molecule has 0 aliphatic rings. The second-order valence-electron chi connectivity index (χ2n) is 2.05. The van der Waals surface area contributed by atoms with E-state index < -0.39 is 0 Å². The molecule has 0 amide bonds. The molecular weight excluding hydrogens is 132 g/mol. The molecular formula is C6H16N2O2. The van der Waals surface area contributed by atoms with E-state index in [1.54, 1.807) is 0 Å². The van der Waals surface area contributed by atoms with E-state index in [-0.39, 0.29) is 12.8 Å². The lowest BCUT2D eigenvalue weighted by molar-refractivity contribution is 0.00535. The van der Waals surface area contributed by atoms with Crippen molar-refractivity contribution in [1.29, 1.82) is 0 Å². The van der Waals surface area contributed by atoms with Gasteiger partial charge in [-0.15, -0.1) is 0 Å². The fourth-order valence-electron chi connectivity index (χ4n) is 0.902. The number of aliphatic hydroxyl groups is 1. The number of likely N-dealkylation sites (N-methyl/N-ethyl adjacent to an activating group) is 1. The van der Waals surface area contributed by atoms with E-state index in [9.17, 15) is 0 Å². The van der Waals surface area contributed by atoms with E-state index in [4.69, 9.17) is 10.3 Å². The number of hydrogen-bond acceptors (Lipinski definition) is 4. The predicted octanol–water partition coefficient (Wildman–Crippen LogP) is -0.375. The predicted molar refractivity (Wildman–Crippen MR) is 38.7 cm³/mol. The Bertz CT molecular complexity index is 62.1. The molecule has 0 aromatic carbocycles. The Labute approximate surface area is 61.4 Å². The smallest absolute Gasteiger partial charge is 0.107 e. The standard InChI is InChI=1S/C6H16N2O2/c1-3-8(4-2)6(5-9)7-10/h6-7,9-10H,3-5H2,1-2H3. The van der Waals surface area contributed by atoms with Crippen LogP contribution in [0.2, 0.25) is 0 Å². The Morgan fingerprint density at radius 3 is 2.00 bits per heavy atom. The fraction of sp³-hybridized carbons (Fsp3) is 1.00. The van der Waals surface area contributed by atoms with Crippen molar-refractivity contribution in [3.63, 3.8) is 0 Å². The molecule has 0 bridgehead atoms. The van der Waals surface area contributed by atoms with E-state index in [1.165, 1.54) is 0 Å². The monoisotopic (exact) mass is 148 g/mol. The van der Waals surface area contributed by atoms with Crippen molar-refractivity contribution in [3.05, 3.63) is 0 Å². The van der Waals surface area contributed by atoms with Crippen LogP contribution in [0.3, 0.4) is 0 Å². The molecule has 0 aliphatic carbocycles. The lowest BCUT2D eigenvalue weighted by Gasteiger charge is -2.26. The Morgan fingerprint density at radius 1 is 1.40 bits per heavy atom. The summed E-state index contributed by atoms with van der Waals surface area (Å²) < 4.78 is 0. The van der Waals surface area contributed by atoms with Crippen LogP contribution in [0.5, 0.6) is 0 Å². The molecule has 1 atom stereocenters. The van der Waals surface area contributed by atoms with Crippen LogP contribution in [0.1, 0.15) is 13.8 Å². The van der Waals surface area contributed by atoms with Crippen molar-refractivity contribution in [2.45, 2.75) is 20.0 Å². The topological polar surface area (TPSA) is 55.7 Å². The van der Waals surface area contributed by atoms with Crippen molar-refractivity contribution >= 4 is 0 Å². The quantitative estimate of drug-likeness (QED) is 0.367. The summed E-state index contributed by atoms with van der Waals surface area (Å²) in [4.78, 5) is 1.92. The van der Waals surface area contributed by atoms with Gasteiger partial charge in [-0.2, -0.15) is 5.48 Å². The van der Waals surface area contributed by atoms with Crippen LogP contribution in [0.15, 0.2) is 0 Å². The number of hydroxylamine groups is 1. The van der Waals surface area contributed by atoms with Crippen LogP contribution in [0.25, 0.3) is 0 Å². The van der Waals surface area contributed by atoms with Crippen LogP contribution in [0.4, 0.5) is 0 Å². The SMILES string of the molecule is CCN(CC)C(CO)NO. The zero-order valence-electron chi connectivity index (χ0n) is 6.54. The molecule has 0 fully saturated rings. The molecule has 0 aromatic rings. The summed E-state index contributed by atoms with van der Waals surface area (Å²) in [7, 11) is 0. The lowest BCUT2D eigenvalue weighted by Crippen LogP contribution is -2.46. The van der Waals surface area contributed by atoms with Crippen LogP contribution in [-0.4, -0.2) is 41.1 Å². The van der Waals surface area contributed by atoms with Crippen molar-refractivity contribution in [3.8, 4) is 0 Å². The summed E-state index contributed by atoms with van der Waals surface area (Å²) in [5.74, 6) is 0. The molecule has 0 saturated carbocycles. The molecule has 4 heteroatoms. The normalized spacial score (nSPS) is 14.1. The molecule has 0 saturated heterocycles. The first-order valence-electron chi connectivity index (χ1n) is 3.54. The third-order valence-corrected chi connectivity index (χ3v) is 1.58. The van der Waals surface area contributed by atoms with E-state index in [0.717, 1.165) is 13.1 Å². The zero-order valence-corrected chi connectivity index (χ0v) is 6.54. The Balaban J connectivity index is 3.70. The molecule has 0 aliphatic heterocycles. The van der Waals surface area contributed by atoms with Gasteiger partial charge >= 0.3 is 0 Å². The highest BCUT2D eigenvalue weighted by molar-refractivity contribution is 4.60. The van der Waals surface area contributed by atoms with Crippen LogP contribution < -0.4 is 5.48 Å². The molecule has 10 heavy (non-hydrogen) atoms. The largest absolute Gasteiger partial charge is 0.393 e. The van der Waals surface area contributed by atoms with Crippen molar-refractivity contribution in [1.82, 2.24) is 10.4 Å². The van der Waals surface area contributed by atoms with E-state index in [2.05, 4.69) is 0 Å². The lowest BCUT2D eigenvalue weighted by atomic mass is 10.4. The molecule has 1 unspecified atom stereocenters. The minimum absolute atomic E-state index is 0.0713. The number of nitrogens with zero attached hydrogens (tertiary/aromatic N) is 1. The first kappa shape index (κ1) is 9.84. The molecule has 0 heterocycles. The maximum atomic E-state index is 8.69. The fourth-order valence-corrected chi connectivity index (χ4v) is 0.902. The highest BCUT2D eigenvalue weighted by Gasteiger charge is 2.11. The van der Waals surface area contributed by atoms with Gasteiger partial charge in [0.25, 0.3) is 0 Å². The van der Waals surface area contributed by atoms with E-state index in [0.29, 0.717) is 0 Å². The maximum Gasteiger partial charge on any atom is 0.107 e. The first-order valence-corrected chi connectivity index (χ1v) is 3.54. The Kier molecular flexibility index (Phi) is 5.52. The van der Waals surface area contributed by atoms with Crippen LogP contribution in [0, 0.1) is 0 Å². The van der Waals surface area contributed by atoms with Gasteiger partial charge in [0, 0.05) is 0 Å². The highest BCUT2D eigenvalue weighted by atomic mass is 16.5. The molecule has 0 spiro atoms. The average Bonchev–Trinajstić information content (AvgIpc) is 2.00. The van der Waals surface area contributed by atoms with Gasteiger partial charge in [-0.25, -0.2) is 0 Å². The molecule has 0 radical (unpaired) electrons. The van der Waals surface area contributed by atoms with Gasteiger partial charge in [0.1, 0.15) is 6.17 Å². The molecule has 0 aromatic heterocycles. The van der Waals surface area contributed by atoms with Crippen LogP contribution >= 0.6 is 0 Å². The molecule has 4 nitrogen and oxygen atoms in total.